The Hall–Kier alpha value is -1.76. The molecule has 0 atom stereocenters. The summed E-state index contributed by atoms with van der Waals surface area (Å²) in [5.41, 5.74) is -0.738. The van der Waals surface area contributed by atoms with Crippen LogP contribution in [0.2, 0.25) is 0 Å². The highest BCUT2D eigenvalue weighted by molar-refractivity contribution is 5.77. The molecule has 0 spiro atoms. The molecule has 1 fully saturated rings. The van der Waals surface area contributed by atoms with Crippen LogP contribution in [0, 0.1) is 5.92 Å². The maximum Gasteiger partial charge on any atom is 0.416 e. The van der Waals surface area contributed by atoms with Crippen molar-refractivity contribution in [1.29, 1.82) is 0 Å². The van der Waals surface area contributed by atoms with Gasteiger partial charge in [0, 0.05) is 6.54 Å². The molecule has 0 bridgehead atoms. The molecule has 4 nitrogen and oxygen atoms in total. The van der Waals surface area contributed by atoms with Gasteiger partial charge >= 0.3 is 6.18 Å². The van der Waals surface area contributed by atoms with Gasteiger partial charge < -0.3 is 15.0 Å². The predicted molar refractivity (Wildman–Crippen MR) is 94.0 cm³/mol. The fraction of sp³-hybridized carbons (Fsp3) is 0.632. The number of nitrogens with one attached hydrogen (secondary N) is 1. The van der Waals surface area contributed by atoms with Gasteiger partial charge in [0.1, 0.15) is 5.75 Å². The van der Waals surface area contributed by atoms with Crippen LogP contribution in [0.15, 0.2) is 24.3 Å². The van der Waals surface area contributed by atoms with E-state index in [1.54, 1.807) is 0 Å². The number of piperidine rings is 1. The number of likely N-dealkylation sites (tertiary alicyclic amines) is 1. The summed E-state index contributed by atoms with van der Waals surface area (Å²) < 4.78 is 42.6. The van der Waals surface area contributed by atoms with E-state index in [1.807, 2.05) is 0 Å². The Kier molecular flexibility index (Phi) is 7.75. The molecule has 1 aromatic rings. The number of halogens is 3. The maximum atomic E-state index is 12.5. The Morgan fingerprint density at radius 1 is 1.19 bits per heavy atom. The lowest BCUT2D eigenvalue weighted by Gasteiger charge is -2.30. The van der Waals surface area contributed by atoms with Gasteiger partial charge in [-0.15, -0.1) is 0 Å². The highest BCUT2D eigenvalue weighted by Gasteiger charge is 2.30. The number of alkyl halides is 3. The zero-order chi connectivity index (χ0) is 19.0. The number of hydrogen-bond acceptors (Lipinski definition) is 3. The second-order valence-electron chi connectivity index (χ2n) is 6.89. The summed E-state index contributed by atoms with van der Waals surface area (Å²) in [6.45, 7) is 6.06. The van der Waals surface area contributed by atoms with E-state index in [4.69, 9.17) is 4.74 Å². The first kappa shape index (κ1) is 20.6. The Morgan fingerprint density at radius 3 is 2.46 bits per heavy atom. The molecule has 1 aromatic carbocycles. The molecule has 1 heterocycles. The Balaban J connectivity index is 1.55. The van der Waals surface area contributed by atoms with Crippen LogP contribution in [0.5, 0.6) is 5.75 Å². The van der Waals surface area contributed by atoms with Crippen LogP contribution >= 0.6 is 0 Å². The molecule has 0 unspecified atom stereocenters. The third-order valence-corrected chi connectivity index (χ3v) is 4.65. The molecule has 1 saturated heterocycles. The van der Waals surface area contributed by atoms with Crippen molar-refractivity contribution >= 4 is 5.91 Å². The predicted octanol–water partition coefficient (Wildman–Crippen LogP) is 3.71. The van der Waals surface area contributed by atoms with Crippen molar-refractivity contribution in [1.82, 2.24) is 10.2 Å². The monoisotopic (exact) mass is 372 g/mol. The third-order valence-electron chi connectivity index (χ3n) is 4.65. The summed E-state index contributed by atoms with van der Waals surface area (Å²) in [7, 11) is 0. The smallest absolute Gasteiger partial charge is 0.416 e. The molecule has 2 rings (SSSR count). The average molecular weight is 372 g/mol. The van der Waals surface area contributed by atoms with Gasteiger partial charge in [0.25, 0.3) is 5.91 Å². The third kappa shape index (κ3) is 7.23. The molecule has 26 heavy (non-hydrogen) atoms. The number of carbonyl (C=O) groups is 1. The van der Waals surface area contributed by atoms with Crippen molar-refractivity contribution in [2.75, 3.05) is 32.8 Å². The molecule has 0 saturated carbocycles. The van der Waals surface area contributed by atoms with Crippen LogP contribution in [0.4, 0.5) is 13.2 Å². The summed E-state index contributed by atoms with van der Waals surface area (Å²) in [6, 6.07) is 4.31. The minimum Gasteiger partial charge on any atom is -0.484 e. The van der Waals surface area contributed by atoms with Gasteiger partial charge in [0.05, 0.1) is 5.56 Å². The minimum absolute atomic E-state index is 0.199. The summed E-state index contributed by atoms with van der Waals surface area (Å²) in [6.07, 6.45) is 0.0882. The second-order valence-corrected chi connectivity index (χ2v) is 6.89. The molecule has 146 valence electrons. The van der Waals surface area contributed by atoms with Crippen LogP contribution in [-0.2, 0) is 11.0 Å². The number of rotatable bonds is 8. The van der Waals surface area contributed by atoms with Gasteiger partial charge in [0.15, 0.2) is 6.61 Å². The van der Waals surface area contributed by atoms with E-state index in [0.29, 0.717) is 6.54 Å². The molecule has 0 aromatic heterocycles. The van der Waals surface area contributed by atoms with Crippen molar-refractivity contribution in [3.05, 3.63) is 29.8 Å². The molecule has 1 amide bonds. The van der Waals surface area contributed by atoms with E-state index in [9.17, 15) is 18.0 Å². The first-order valence-electron chi connectivity index (χ1n) is 9.13. The van der Waals surface area contributed by atoms with Gasteiger partial charge in [-0.25, -0.2) is 0 Å². The molecule has 7 heteroatoms. The van der Waals surface area contributed by atoms with Crippen molar-refractivity contribution in [3.8, 4) is 5.75 Å². The van der Waals surface area contributed by atoms with Gasteiger partial charge in [-0.05, 0) is 75.5 Å². The molecule has 0 aliphatic carbocycles. The van der Waals surface area contributed by atoms with Crippen LogP contribution in [0.3, 0.4) is 0 Å². The molecule has 1 aliphatic rings. The van der Waals surface area contributed by atoms with E-state index in [-0.39, 0.29) is 18.3 Å². The van der Waals surface area contributed by atoms with Crippen molar-refractivity contribution in [3.63, 3.8) is 0 Å². The zero-order valence-electron chi connectivity index (χ0n) is 15.1. The molecule has 0 radical (unpaired) electrons. The first-order valence-corrected chi connectivity index (χ1v) is 9.13. The Morgan fingerprint density at radius 2 is 1.85 bits per heavy atom. The largest absolute Gasteiger partial charge is 0.484 e. The molecular weight excluding hydrogens is 345 g/mol. The van der Waals surface area contributed by atoms with Crippen LogP contribution < -0.4 is 10.1 Å². The number of nitrogens with zero attached hydrogens (tertiary/aromatic N) is 1. The van der Waals surface area contributed by atoms with Crippen LogP contribution in [0.25, 0.3) is 0 Å². The zero-order valence-corrected chi connectivity index (χ0v) is 15.1. The van der Waals surface area contributed by atoms with Gasteiger partial charge in [-0.1, -0.05) is 6.92 Å². The second kappa shape index (κ2) is 9.80. The summed E-state index contributed by atoms with van der Waals surface area (Å²) in [5, 5.41) is 2.77. The lowest BCUT2D eigenvalue weighted by Crippen LogP contribution is -2.34. The SMILES string of the molecule is CC1CCN(CCCCNC(=O)COc2ccc(C(F)(F)F)cc2)CC1. The number of ether oxygens (including phenoxy) is 1. The number of benzene rings is 1. The lowest BCUT2D eigenvalue weighted by atomic mass is 9.99. The van der Waals surface area contributed by atoms with E-state index in [2.05, 4.69) is 17.1 Å². The number of carbonyl (C=O) groups excluding carboxylic acids is 1. The van der Waals surface area contributed by atoms with Crippen molar-refractivity contribution < 1.29 is 22.7 Å². The lowest BCUT2D eigenvalue weighted by molar-refractivity contribution is -0.137. The normalized spacial score (nSPS) is 16.5. The minimum atomic E-state index is -4.37. The molecule has 1 N–H and O–H groups in total. The van der Waals surface area contributed by atoms with Crippen molar-refractivity contribution in [2.24, 2.45) is 5.92 Å². The molecular formula is C19H27F3N2O2. The highest BCUT2D eigenvalue weighted by Crippen LogP contribution is 2.30. The Bertz CT molecular complexity index is 553. The van der Waals surface area contributed by atoms with E-state index in [1.165, 1.54) is 25.0 Å². The standard InChI is InChI=1S/C19H27F3N2O2/c1-15-8-12-24(13-9-15)11-3-2-10-23-18(25)14-26-17-6-4-16(5-7-17)19(20,21)22/h4-7,15H,2-3,8-14H2,1H3,(H,23,25). The first-order chi connectivity index (χ1) is 12.3. The van der Waals surface area contributed by atoms with Crippen LogP contribution in [-0.4, -0.2) is 43.6 Å². The Labute approximate surface area is 152 Å². The number of amides is 1. The van der Waals surface area contributed by atoms with E-state index in [0.717, 1.165) is 50.5 Å². The topological polar surface area (TPSA) is 41.6 Å². The maximum absolute atomic E-state index is 12.5. The van der Waals surface area contributed by atoms with Gasteiger partial charge in [-0.3, -0.25) is 4.79 Å². The number of hydrogen-bond donors (Lipinski definition) is 1. The fourth-order valence-electron chi connectivity index (χ4n) is 2.91. The summed E-state index contributed by atoms with van der Waals surface area (Å²) in [5.74, 6) is 0.805. The summed E-state index contributed by atoms with van der Waals surface area (Å²) in [4.78, 5) is 14.2. The highest BCUT2D eigenvalue weighted by atomic mass is 19.4. The van der Waals surface area contributed by atoms with Crippen LogP contribution in [0.1, 0.15) is 38.2 Å². The summed E-state index contributed by atoms with van der Waals surface area (Å²) >= 11 is 0. The quantitative estimate of drug-likeness (QED) is 0.708. The average Bonchev–Trinajstić information content (AvgIpc) is 2.61. The van der Waals surface area contributed by atoms with Gasteiger partial charge in [-0.2, -0.15) is 13.2 Å². The van der Waals surface area contributed by atoms with Crippen molar-refractivity contribution in [2.45, 2.75) is 38.8 Å². The fourth-order valence-corrected chi connectivity index (χ4v) is 2.91. The van der Waals surface area contributed by atoms with E-state index < -0.39 is 11.7 Å². The molecule has 1 aliphatic heterocycles. The van der Waals surface area contributed by atoms with E-state index >= 15 is 0 Å². The number of unbranched alkanes of at least 4 members (excludes halogenated alkanes) is 1. The van der Waals surface area contributed by atoms with Gasteiger partial charge in [0.2, 0.25) is 0 Å².